The van der Waals surface area contributed by atoms with Gasteiger partial charge in [-0.1, -0.05) is 13.8 Å². The number of carbonyl (C=O) groups is 3. The number of anilines is 1. The molecule has 0 radical (unpaired) electrons. The standard InChI is InChI=1S/C20H21F3N2O5S/c1-3-13-9-14(17(27)11-5-7-12(8-6-11)30-20(21,22)23)18(31-13)25-16(26)10-24-15(4-2)19(28)29/h5-9,15,24H,3-4,10H2,1-2H3,(H,25,26)(H,28,29). The molecule has 0 bridgehead atoms. The average molecular weight is 458 g/mol. The predicted octanol–water partition coefficient (Wildman–Crippen LogP) is 3.83. The van der Waals surface area contributed by atoms with Crippen LogP contribution >= 0.6 is 11.3 Å². The van der Waals surface area contributed by atoms with Crippen molar-refractivity contribution in [2.24, 2.45) is 0 Å². The Morgan fingerprint density at radius 3 is 2.32 bits per heavy atom. The summed E-state index contributed by atoms with van der Waals surface area (Å²) in [5, 5.41) is 14.5. The van der Waals surface area contributed by atoms with Crippen molar-refractivity contribution >= 4 is 34.0 Å². The quantitative estimate of drug-likeness (QED) is 0.468. The fraction of sp³-hybridized carbons (Fsp3) is 0.350. The van der Waals surface area contributed by atoms with E-state index < -0.39 is 35.8 Å². The normalized spacial score (nSPS) is 12.3. The van der Waals surface area contributed by atoms with Crippen LogP contribution in [0.5, 0.6) is 5.75 Å². The van der Waals surface area contributed by atoms with E-state index in [1.165, 1.54) is 23.5 Å². The first kappa shape index (κ1) is 24.4. The molecule has 7 nitrogen and oxygen atoms in total. The van der Waals surface area contributed by atoms with Gasteiger partial charge < -0.3 is 15.2 Å². The smallest absolute Gasteiger partial charge is 0.480 e. The molecule has 0 aliphatic rings. The van der Waals surface area contributed by atoms with Crippen molar-refractivity contribution in [3.63, 3.8) is 0 Å². The Kier molecular flexibility index (Phi) is 8.17. The van der Waals surface area contributed by atoms with Crippen molar-refractivity contribution in [2.45, 2.75) is 39.1 Å². The van der Waals surface area contributed by atoms with Crippen LogP contribution in [0.25, 0.3) is 0 Å². The van der Waals surface area contributed by atoms with E-state index in [1.54, 1.807) is 13.0 Å². The summed E-state index contributed by atoms with van der Waals surface area (Å²) in [6, 6.07) is 5.22. The first-order valence-corrected chi connectivity index (χ1v) is 10.1. The topological polar surface area (TPSA) is 105 Å². The lowest BCUT2D eigenvalue weighted by Crippen LogP contribution is -2.40. The third-order valence-electron chi connectivity index (χ3n) is 4.19. The van der Waals surface area contributed by atoms with Gasteiger partial charge in [0.2, 0.25) is 5.91 Å². The maximum atomic E-state index is 12.9. The van der Waals surface area contributed by atoms with Crippen LogP contribution < -0.4 is 15.4 Å². The molecule has 2 rings (SSSR count). The number of rotatable bonds is 10. The maximum absolute atomic E-state index is 12.9. The number of carboxylic acids is 1. The number of carboxylic acid groups (broad SMARTS) is 1. The number of nitrogens with one attached hydrogen (secondary N) is 2. The van der Waals surface area contributed by atoms with Gasteiger partial charge in [0.25, 0.3) is 0 Å². The van der Waals surface area contributed by atoms with Gasteiger partial charge in [-0.15, -0.1) is 24.5 Å². The van der Waals surface area contributed by atoms with Gasteiger partial charge in [-0.3, -0.25) is 19.7 Å². The minimum Gasteiger partial charge on any atom is -0.480 e. The average Bonchev–Trinajstić information content (AvgIpc) is 3.09. The van der Waals surface area contributed by atoms with Crippen LogP contribution in [0.15, 0.2) is 30.3 Å². The van der Waals surface area contributed by atoms with E-state index in [1.807, 2.05) is 6.92 Å². The molecule has 0 spiro atoms. The van der Waals surface area contributed by atoms with Gasteiger partial charge >= 0.3 is 12.3 Å². The fourth-order valence-electron chi connectivity index (χ4n) is 2.63. The second-order valence-corrected chi connectivity index (χ2v) is 7.58. The van der Waals surface area contributed by atoms with Crippen molar-refractivity contribution in [3.05, 3.63) is 46.3 Å². The molecule has 168 valence electrons. The Bertz CT molecular complexity index is 941. The van der Waals surface area contributed by atoms with Gasteiger partial charge in [0.15, 0.2) is 5.78 Å². The molecule has 11 heteroatoms. The molecule has 0 fully saturated rings. The minimum atomic E-state index is -4.84. The zero-order valence-corrected chi connectivity index (χ0v) is 17.5. The van der Waals surface area contributed by atoms with Crippen LogP contribution in [-0.2, 0) is 16.0 Å². The van der Waals surface area contributed by atoms with Crippen molar-refractivity contribution in [1.82, 2.24) is 5.32 Å². The van der Waals surface area contributed by atoms with Gasteiger partial charge in [-0.05, 0) is 43.2 Å². The number of hydrogen-bond donors (Lipinski definition) is 3. The SMILES string of the molecule is CCc1cc(C(=O)c2ccc(OC(F)(F)F)cc2)c(NC(=O)CNC(CC)C(=O)O)s1. The number of hydrogen-bond acceptors (Lipinski definition) is 6. The third-order valence-corrected chi connectivity index (χ3v) is 5.39. The molecular formula is C20H21F3N2O5S. The van der Waals surface area contributed by atoms with Gasteiger partial charge in [-0.2, -0.15) is 0 Å². The fourth-order valence-corrected chi connectivity index (χ4v) is 3.64. The Balaban J connectivity index is 2.16. The van der Waals surface area contributed by atoms with Crippen LogP contribution in [0.3, 0.4) is 0 Å². The number of aliphatic carboxylic acids is 1. The van der Waals surface area contributed by atoms with Crippen LogP contribution in [0.1, 0.15) is 41.1 Å². The van der Waals surface area contributed by atoms with E-state index in [0.29, 0.717) is 12.8 Å². The highest BCUT2D eigenvalue weighted by molar-refractivity contribution is 7.16. The number of amides is 1. The molecular weight excluding hydrogens is 437 g/mol. The highest BCUT2D eigenvalue weighted by atomic mass is 32.1. The van der Waals surface area contributed by atoms with Crippen LogP contribution in [0.4, 0.5) is 18.2 Å². The molecule has 1 atom stereocenters. The Hall–Kier alpha value is -2.92. The molecule has 1 heterocycles. The number of ketones is 1. The van der Waals surface area contributed by atoms with Crippen molar-refractivity contribution in [2.75, 3.05) is 11.9 Å². The molecule has 1 aromatic heterocycles. The summed E-state index contributed by atoms with van der Waals surface area (Å²) in [4.78, 5) is 37.0. The summed E-state index contributed by atoms with van der Waals surface area (Å²) in [5.74, 6) is -2.53. The number of benzene rings is 1. The number of halogens is 3. The highest BCUT2D eigenvalue weighted by Gasteiger charge is 2.31. The van der Waals surface area contributed by atoms with E-state index >= 15 is 0 Å². The summed E-state index contributed by atoms with van der Waals surface area (Å²) in [6.45, 7) is 3.27. The summed E-state index contributed by atoms with van der Waals surface area (Å²) in [5.41, 5.74) is 0.325. The number of aryl methyl sites for hydroxylation is 1. The molecule has 3 N–H and O–H groups in total. The Morgan fingerprint density at radius 1 is 1.16 bits per heavy atom. The first-order valence-electron chi connectivity index (χ1n) is 9.33. The summed E-state index contributed by atoms with van der Waals surface area (Å²) in [7, 11) is 0. The predicted molar refractivity (Wildman–Crippen MR) is 109 cm³/mol. The third kappa shape index (κ3) is 7.07. The molecule has 0 saturated heterocycles. The zero-order valence-electron chi connectivity index (χ0n) is 16.7. The molecule has 31 heavy (non-hydrogen) atoms. The molecule has 0 saturated carbocycles. The molecule has 1 amide bonds. The van der Waals surface area contributed by atoms with Gasteiger partial charge in [-0.25, -0.2) is 0 Å². The van der Waals surface area contributed by atoms with E-state index in [2.05, 4.69) is 15.4 Å². The van der Waals surface area contributed by atoms with Crippen molar-refractivity contribution < 1.29 is 37.4 Å². The second-order valence-electron chi connectivity index (χ2n) is 6.44. The minimum absolute atomic E-state index is 0.125. The zero-order chi connectivity index (χ0) is 23.2. The number of alkyl halides is 3. The molecule has 1 aromatic carbocycles. The van der Waals surface area contributed by atoms with Gasteiger partial charge in [0, 0.05) is 10.4 Å². The Labute approximate surface area is 180 Å². The maximum Gasteiger partial charge on any atom is 0.573 e. The molecule has 0 aliphatic heterocycles. The van der Waals surface area contributed by atoms with E-state index in [4.69, 9.17) is 5.11 Å². The van der Waals surface area contributed by atoms with Crippen molar-refractivity contribution in [3.8, 4) is 5.75 Å². The largest absolute Gasteiger partial charge is 0.573 e. The summed E-state index contributed by atoms with van der Waals surface area (Å²) in [6.07, 6.45) is -3.94. The lowest BCUT2D eigenvalue weighted by atomic mass is 10.0. The van der Waals surface area contributed by atoms with Gasteiger partial charge in [0.05, 0.1) is 12.1 Å². The monoisotopic (exact) mass is 458 g/mol. The van der Waals surface area contributed by atoms with E-state index in [0.717, 1.165) is 17.0 Å². The molecule has 1 unspecified atom stereocenters. The second kappa shape index (κ2) is 10.4. The molecule has 2 aromatic rings. The highest BCUT2D eigenvalue weighted by Crippen LogP contribution is 2.31. The van der Waals surface area contributed by atoms with Crippen LogP contribution in [0.2, 0.25) is 0 Å². The summed E-state index contributed by atoms with van der Waals surface area (Å²) >= 11 is 1.20. The Morgan fingerprint density at radius 2 is 1.81 bits per heavy atom. The van der Waals surface area contributed by atoms with Crippen LogP contribution in [-0.4, -0.2) is 41.7 Å². The number of thiophene rings is 1. The van der Waals surface area contributed by atoms with Crippen LogP contribution in [0, 0.1) is 0 Å². The van der Waals surface area contributed by atoms with E-state index in [9.17, 15) is 27.6 Å². The van der Waals surface area contributed by atoms with E-state index in [-0.39, 0.29) is 22.7 Å². The number of ether oxygens (including phenoxy) is 1. The lowest BCUT2D eigenvalue weighted by molar-refractivity contribution is -0.274. The van der Waals surface area contributed by atoms with Crippen molar-refractivity contribution in [1.29, 1.82) is 0 Å². The molecule has 0 aliphatic carbocycles. The first-order chi connectivity index (χ1) is 14.5. The van der Waals surface area contributed by atoms with Gasteiger partial charge in [0.1, 0.15) is 16.8 Å². The lowest BCUT2D eigenvalue weighted by Gasteiger charge is -2.12. The summed E-state index contributed by atoms with van der Waals surface area (Å²) < 4.78 is 40.7. The number of carbonyl (C=O) groups excluding carboxylic acids is 2.